The van der Waals surface area contributed by atoms with Crippen LogP contribution in [0.4, 0.5) is 10.5 Å². The van der Waals surface area contributed by atoms with Crippen molar-refractivity contribution >= 4 is 27.7 Å². The number of amides is 1. The Morgan fingerprint density at radius 3 is 2.41 bits per heavy atom. The monoisotopic (exact) mass is 298 g/mol. The molecule has 1 heterocycles. The summed E-state index contributed by atoms with van der Waals surface area (Å²) in [5.41, 5.74) is 1.20. The summed E-state index contributed by atoms with van der Waals surface area (Å²) in [6, 6.07) is 8.30. The predicted molar refractivity (Wildman–Crippen MR) is 70.5 cm³/mol. The van der Waals surface area contributed by atoms with Crippen LogP contribution in [-0.4, -0.2) is 30.3 Å². The number of hydrogen-bond donors (Lipinski definition) is 2. The van der Waals surface area contributed by atoms with Crippen LogP contribution in [0.15, 0.2) is 28.7 Å². The number of nitrogens with zero attached hydrogens (tertiary/aromatic N) is 1. The molecule has 0 unspecified atom stereocenters. The molecule has 0 aliphatic carbocycles. The van der Waals surface area contributed by atoms with Crippen LogP contribution in [0.3, 0.4) is 0 Å². The van der Waals surface area contributed by atoms with Crippen LogP contribution < -0.4 is 10.2 Å². The minimum Gasteiger partial charge on any atom is -0.465 e. The lowest BCUT2D eigenvalue weighted by Crippen LogP contribution is -2.44. The smallest absolute Gasteiger partial charge is 0.404 e. The van der Waals surface area contributed by atoms with Crippen LogP contribution >= 0.6 is 15.9 Å². The van der Waals surface area contributed by atoms with E-state index in [9.17, 15) is 4.79 Å². The second-order valence-electron chi connectivity index (χ2n) is 4.19. The first-order valence-electron chi connectivity index (χ1n) is 5.65. The number of hydrogen-bond acceptors (Lipinski definition) is 2. The van der Waals surface area contributed by atoms with E-state index in [-0.39, 0.29) is 6.04 Å². The van der Waals surface area contributed by atoms with Gasteiger partial charge in [0.2, 0.25) is 0 Å². The first-order chi connectivity index (χ1) is 8.15. The van der Waals surface area contributed by atoms with E-state index in [1.54, 1.807) is 0 Å². The van der Waals surface area contributed by atoms with Crippen molar-refractivity contribution in [3.05, 3.63) is 28.7 Å². The molecule has 0 radical (unpaired) electrons. The summed E-state index contributed by atoms with van der Waals surface area (Å²) in [6.45, 7) is 1.79. The highest BCUT2D eigenvalue weighted by Crippen LogP contribution is 2.22. The van der Waals surface area contributed by atoms with Gasteiger partial charge in [-0.15, -0.1) is 0 Å². The standard InChI is InChI=1S/C12H15BrN2O2/c13-9-1-3-11(4-2-9)15-7-5-10(6-8-15)14-12(16)17/h1-4,10,14H,5-8H2,(H,16,17). The number of nitrogens with one attached hydrogen (secondary N) is 1. The molecule has 1 aromatic rings. The fraction of sp³-hybridized carbons (Fsp3) is 0.417. The SMILES string of the molecule is O=C(O)NC1CCN(c2ccc(Br)cc2)CC1. The quantitative estimate of drug-likeness (QED) is 0.883. The van der Waals surface area contributed by atoms with Crippen molar-refractivity contribution in [3.63, 3.8) is 0 Å². The molecule has 0 spiro atoms. The van der Waals surface area contributed by atoms with E-state index in [1.807, 2.05) is 12.1 Å². The molecule has 2 N–H and O–H groups in total. The first kappa shape index (κ1) is 12.2. The lowest BCUT2D eigenvalue weighted by atomic mass is 10.0. The number of benzene rings is 1. The van der Waals surface area contributed by atoms with Crippen molar-refractivity contribution in [1.82, 2.24) is 5.32 Å². The summed E-state index contributed by atoms with van der Waals surface area (Å²) in [5.74, 6) is 0. The highest BCUT2D eigenvalue weighted by molar-refractivity contribution is 9.10. The van der Waals surface area contributed by atoms with Gasteiger partial charge in [0, 0.05) is 29.3 Å². The Hall–Kier alpha value is -1.23. The summed E-state index contributed by atoms with van der Waals surface area (Å²) < 4.78 is 1.07. The summed E-state index contributed by atoms with van der Waals surface area (Å²) in [6.07, 6.45) is 0.803. The van der Waals surface area contributed by atoms with E-state index in [2.05, 4.69) is 38.3 Å². The van der Waals surface area contributed by atoms with Gasteiger partial charge in [-0.2, -0.15) is 0 Å². The average Bonchev–Trinajstić information content (AvgIpc) is 2.30. The molecule has 0 atom stereocenters. The molecule has 1 aromatic carbocycles. The topological polar surface area (TPSA) is 52.6 Å². The zero-order valence-electron chi connectivity index (χ0n) is 9.40. The molecule has 1 aliphatic rings. The molecule has 4 nitrogen and oxygen atoms in total. The molecular formula is C12H15BrN2O2. The highest BCUT2D eigenvalue weighted by atomic mass is 79.9. The van der Waals surface area contributed by atoms with Gasteiger partial charge >= 0.3 is 6.09 Å². The van der Waals surface area contributed by atoms with Gasteiger partial charge in [-0.3, -0.25) is 0 Å². The minimum absolute atomic E-state index is 0.0965. The summed E-state index contributed by atoms with van der Waals surface area (Å²) in [4.78, 5) is 12.8. The van der Waals surface area contributed by atoms with Crippen LogP contribution in [0.1, 0.15) is 12.8 Å². The van der Waals surface area contributed by atoms with Gasteiger partial charge in [-0.05, 0) is 37.1 Å². The third-order valence-electron chi connectivity index (χ3n) is 3.01. The van der Waals surface area contributed by atoms with Gasteiger partial charge < -0.3 is 15.3 Å². The Bertz CT molecular complexity index is 386. The zero-order valence-corrected chi connectivity index (χ0v) is 11.0. The lowest BCUT2D eigenvalue weighted by molar-refractivity contribution is 0.187. The van der Waals surface area contributed by atoms with Crippen molar-refractivity contribution in [2.75, 3.05) is 18.0 Å². The van der Waals surface area contributed by atoms with Crippen molar-refractivity contribution in [2.45, 2.75) is 18.9 Å². The van der Waals surface area contributed by atoms with Gasteiger partial charge in [0.1, 0.15) is 0 Å². The summed E-state index contributed by atoms with van der Waals surface area (Å²) in [7, 11) is 0. The van der Waals surface area contributed by atoms with Crippen LogP contribution in [0, 0.1) is 0 Å². The van der Waals surface area contributed by atoms with Crippen LogP contribution in [0.2, 0.25) is 0 Å². The molecule has 2 rings (SSSR count). The molecule has 17 heavy (non-hydrogen) atoms. The highest BCUT2D eigenvalue weighted by Gasteiger charge is 2.20. The number of anilines is 1. The number of halogens is 1. The lowest BCUT2D eigenvalue weighted by Gasteiger charge is -2.33. The number of piperidine rings is 1. The van der Waals surface area contributed by atoms with Gasteiger partial charge in [-0.25, -0.2) is 4.79 Å². The molecule has 0 aromatic heterocycles. The van der Waals surface area contributed by atoms with Crippen molar-refractivity contribution in [2.24, 2.45) is 0 Å². The van der Waals surface area contributed by atoms with Crippen LogP contribution in [0.5, 0.6) is 0 Å². The van der Waals surface area contributed by atoms with E-state index in [4.69, 9.17) is 5.11 Å². The second-order valence-corrected chi connectivity index (χ2v) is 5.10. The average molecular weight is 299 g/mol. The van der Waals surface area contributed by atoms with Gasteiger partial charge in [0.25, 0.3) is 0 Å². The molecule has 0 saturated carbocycles. The Kier molecular flexibility index (Phi) is 3.89. The van der Waals surface area contributed by atoms with Gasteiger partial charge in [0.05, 0.1) is 0 Å². The molecule has 92 valence electrons. The first-order valence-corrected chi connectivity index (χ1v) is 6.44. The molecule has 1 aliphatic heterocycles. The molecule has 0 bridgehead atoms. The Morgan fingerprint density at radius 1 is 1.29 bits per heavy atom. The summed E-state index contributed by atoms with van der Waals surface area (Å²) in [5, 5.41) is 11.2. The van der Waals surface area contributed by atoms with E-state index >= 15 is 0 Å². The Balaban J connectivity index is 1.90. The maximum absolute atomic E-state index is 10.5. The molecule has 1 saturated heterocycles. The third-order valence-corrected chi connectivity index (χ3v) is 3.54. The number of carbonyl (C=O) groups is 1. The maximum Gasteiger partial charge on any atom is 0.404 e. The molecule has 1 amide bonds. The van der Waals surface area contributed by atoms with Crippen LogP contribution in [0.25, 0.3) is 0 Å². The Labute approximate surface area is 109 Å². The van der Waals surface area contributed by atoms with E-state index < -0.39 is 6.09 Å². The molecular weight excluding hydrogens is 284 g/mol. The molecule has 5 heteroatoms. The fourth-order valence-electron chi connectivity index (χ4n) is 2.11. The van der Waals surface area contributed by atoms with E-state index in [0.717, 1.165) is 30.4 Å². The minimum atomic E-state index is -0.924. The summed E-state index contributed by atoms with van der Waals surface area (Å²) >= 11 is 3.41. The van der Waals surface area contributed by atoms with E-state index in [0.29, 0.717) is 0 Å². The predicted octanol–water partition coefficient (Wildman–Crippen LogP) is 2.69. The van der Waals surface area contributed by atoms with Crippen LogP contribution in [-0.2, 0) is 0 Å². The Morgan fingerprint density at radius 2 is 1.88 bits per heavy atom. The normalized spacial score (nSPS) is 16.9. The van der Waals surface area contributed by atoms with Crippen molar-refractivity contribution < 1.29 is 9.90 Å². The fourth-order valence-corrected chi connectivity index (χ4v) is 2.37. The molecule has 1 fully saturated rings. The van der Waals surface area contributed by atoms with E-state index in [1.165, 1.54) is 5.69 Å². The number of carboxylic acid groups (broad SMARTS) is 1. The number of rotatable bonds is 2. The zero-order chi connectivity index (χ0) is 12.3. The van der Waals surface area contributed by atoms with Crippen molar-refractivity contribution in [3.8, 4) is 0 Å². The maximum atomic E-state index is 10.5. The second kappa shape index (κ2) is 5.40. The largest absolute Gasteiger partial charge is 0.465 e. The third kappa shape index (κ3) is 3.36. The van der Waals surface area contributed by atoms with Gasteiger partial charge in [0.15, 0.2) is 0 Å². The van der Waals surface area contributed by atoms with Crippen molar-refractivity contribution in [1.29, 1.82) is 0 Å². The van der Waals surface area contributed by atoms with Gasteiger partial charge in [-0.1, -0.05) is 15.9 Å².